The van der Waals surface area contributed by atoms with Crippen molar-refractivity contribution in [1.82, 2.24) is 4.98 Å². The smallest absolute Gasteiger partial charge is 0.261 e. The summed E-state index contributed by atoms with van der Waals surface area (Å²) in [6, 6.07) is 5.17. The maximum Gasteiger partial charge on any atom is 0.261 e. The van der Waals surface area contributed by atoms with Crippen LogP contribution in [0.25, 0.3) is 0 Å². The summed E-state index contributed by atoms with van der Waals surface area (Å²) in [6.07, 6.45) is 3.22. The lowest BCUT2D eigenvalue weighted by molar-refractivity contribution is 0.102. The van der Waals surface area contributed by atoms with Crippen molar-refractivity contribution in [2.24, 2.45) is 0 Å². The van der Waals surface area contributed by atoms with Gasteiger partial charge < -0.3 is 10.5 Å². The van der Waals surface area contributed by atoms with E-state index >= 15 is 0 Å². The van der Waals surface area contributed by atoms with Crippen LogP contribution in [0.3, 0.4) is 0 Å². The van der Waals surface area contributed by atoms with Crippen molar-refractivity contribution in [3.63, 3.8) is 0 Å². The number of rotatable bonds is 4. The zero-order chi connectivity index (χ0) is 14.8. The van der Waals surface area contributed by atoms with Crippen LogP contribution in [0, 0.1) is 0 Å². The van der Waals surface area contributed by atoms with Gasteiger partial charge in [0.1, 0.15) is 0 Å². The number of anilines is 2. The lowest BCUT2D eigenvalue weighted by Crippen LogP contribution is -2.14. The van der Waals surface area contributed by atoms with E-state index in [9.17, 15) is 4.79 Å². The first-order valence-electron chi connectivity index (χ1n) is 7.00. The van der Waals surface area contributed by atoms with E-state index in [4.69, 9.17) is 10.5 Å². The molecular formula is C15H17N3O2S. The molecule has 0 saturated heterocycles. The van der Waals surface area contributed by atoms with Gasteiger partial charge in [-0.05, 0) is 38.3 Å². The van der Waals surface area contributed by atoms with Gasteiger partial charge in [0.2, 0.25) is 0 Å². The van der Waals surface area contributed by atoms with E-state index in [1.54, 1.807) is 29.5 Å². The van der Waals surface area contributed by atoms with Crippen molar-refractivity contribution >= 4 is 28.1 Å². The van der Waals surface area contributed by atoms with Gasteiger partial charge in [-0.3, -0.25) is 10.1 Å². The highest BCUT2D eigenvalue weighted by Gasteiger charge is 2.20. The SMILES string of the molecule is CCOc1c(N)cccc1C(=O)Nc1nc2c(s1)CCC2. The Hall–Kier alpha value is -2.08. The summed E-state index contributed by atoms with van der Waals surface area (Å²) in [4.78, 5) is 18.2. The number of aromatic nitrogens is 1. The van der Waals surface area contributed by atoms with Gasteiger partial charge >= 0.3 is 0 Å². The predicted octanol–water partition coefficient (Wildman–Crippen LogP) is 2.87. The minimum absolute atomic E-state index is 0.238. The number of carbonyl (C=O) groups is 1. The topological polar surface area (TPSA) is 77.2 Å². The van der Waals surface area contributed by atoms with Crippen molar-refractivity contribution in [3.8, 4) is 5.75 Å². The number of nitrogen functional groups attached to an aromatic ring is 1. The Morgan fingerprint density at radius 1 is 1.48 bits per heavy atom. The molecular weight excluding hydrogens is 286 g/mol. The minimum Gasteiger partial charge on any atom is -0.491 e. The van der Waals surface area contributed by atoms with Crippen LogP contribution >= 0.6 is 11.3 Å². The van der Waals surface area contributed by atoms with Crippen molar-refractivity contribution in [3.05, 3.63) is 34.3 Å². The molecule has 1 amide bonds. The molecule has 0 radical (unpaired) electrons. The number of ether oxygens (including phenoxy) is 1. The number of nitrogens with one attached hydrogen (secondary N) is 1. The van der Waals surface area contributed by atoms with Crippen LogP contribution in [0.5, 0.6) is 5.75 Å². The Labute approximate surface area is 127 Å². The second-order valence-corrected chi connectivity index (χ2v) is 5.94. The number of aryl methyl sites for hydroxylation is 2. The van der Waals surface area contributed by atoms with Crippen LogP contribution in [-0.2, 0) is 12.8 Å². The maximum atomic E-state index is 12.4. The van der Waals surface area contributed by atoms with Crippen LogP contribution in [-0.4, -0.2) is 17.5 Å². The first kappa shape index (κ1) is 13.9. The summed E-state index contributed by atoms with van der Waals surface area (Å²) in [5.41, 5.74) is 7.90. The number of nitrogens with zero attached hydrogens (tertiary/aromatic N) is 1. The van der Waals surface area contributed by atoms with Gasteiger partial charge in [0, 0.05) is 4.88 Å². The van der Waals surface area contributed by atoms with E-state index < -0.39 is 0 Å². The van der Waals surface area contributed by atoms with Crippen LogP contribution in [0.1, 0.15) is 34.3 Å². The minimum atomic E-state index is -0.238. The highest BCUT2D eigenvalue weighted by atomic mass is 32.1. The van der Waals surface area contributed by atoms with Gasteiger partial charge in [-0.2, -0.15) is 0 Å². The highest BCUT2D eigenvalue weighted by molar-refractivity contribution is 7.16. The van der Waals surface area contributed by atoms with Crippen LogP contribution < -0.4 is 15.8 Å². The summed E-state index contributed by atoms with van der Waals surface area (Å²) in [5.74, 6) is 0.194. The lowest BCUT2D eigenvalue weighted by Gasteiger charge is -2.11. The molecule has 3 N–H and O–H groups in total. The van der Waals surface area contributed by atoms with Crippen LogP contribution in [0.15, 0.2) is 18.2 Å². The normalized spacial score (nSPS) is 13.0. The molecule has 0 aliphatic heterocycles. The highest BCUT2D eigenvalue weighted by Crippen LogP contribution is 2.32. The largest absolute Gasteiger partial charge is 0.491 e. The van der Waals surface area contributed by atoms with E-state index in [0.29, 0.717) is 28.7 Å². The lowest BCUT2D eigenvalue weighted by atomic mass is 10.1. The number of nitrogens with two attached hydrogens (primary N) is 1. The molecule has 6 heteroatoms. The average Bonchev–Trinajstić information content (AvgIpc) is 3.02. The summed E-state index contributed by atoms with van der Waals surface area (Å²) in [7, 11) is 0. The van der Waals surface area contributed by atoms with Crippen molar-refractivity contribution in [2.45, 2.75) is 26.2 Å². The Balaban J connectivity index is 1.83. The molecule has 1 heterocycles. The molecule has 2 aromatic rings. The number of para-hydroxylation sites is 1. The van der Waals surface area contributed by atoms with Crippen molar-refractivity contribution in [2.75, 3.05) is 17.7 Å². The number of carbonyl (C=O) groups excluding carboxylic acids is 1. The molecule has 1 aliphatic carbocycles. The monoisotopic (exact) mass is 303 g/mol. The third kappa shape index (κ3) is 2.71. The summed E-state index contributed by atoms with van der Waals surface area (Å²) in [5, 5.41) is 3.49. The van der Waals surface area contributed by atoms with Gasteiger partial charge in [-0.25, -0.2) is 4.98 Å². The molecule has 0 spiro atoms. The predicted molar refractivity (Wildman–Crippen MR) is 84.1 cm³/mol. The van der Waals surface area contributed by atoms with E-state index in [1.807, 2.05) is 6.92 Å². The quantitative estimate of drug-likeness (QED) is 0.851. The van der Waals surface area contributed by atoms with Crippen LogP contribution in [0.2, 0.25) is 0 Å². The molecule has 0 saturated carbocycles. The average molecular weight is 303 g/mol. The van der Waals surface area contributed by atoms with E-state index in [2.05, 4.69) is 10.3 Å². The molecule has 110 valence electrons. The first-order valence-corrected chi connectivity index (χ1v) is 7.82. The van der Waals surface area contributed by atoms with Crippen LogP contribution in [0.4, 0.5) is 10.8 Å². The fraction of sp³-hybridized carbons (Fsp3) is 0.333. The van der Waals surface area contributed by atoms with Gasteiger partial charge in [-0.1, -0.05) is 6.07 Å². The van der Waals surface area contributed by atoms with Gasteiger partial charge in [-0.15, -0.1) is 11.3 Å². The molecule has 1 aromatic heterocycles. The third-order valence-electron chi connectivity index (χ3n) is 3.39. The van der Waals surface area contributed by atoms with E-state index in [1.165, 1.54) is 4.88 Å². The molecule has 21 heavy (non-hydrogen) atoms. The summed E-state index contributed by atoms with van der Waals surface area (Å²) in [6.45, 7) is 2.32. The fourth-order valence-corrected chi connectivity index (χ4v) is 3.49. The molecule has 1 aromatic carbocycles. The number of amides is 1. The number of hydrogen-bond acceptors (Lipinski definition) is 5. The van der Waals surface area contributed by atoms with Gasteiger partial charge in [0.15, 0.2) is 10.9 Å². The van der Waals surface area contributed by atoms with E-state index in [0.717, 1.165) is 25.0 Å². The third-order valence-corrected chi connectivity index (χ3v) is 4.47. The summed E-state index contributed by atoms with van der Waals surface area (Å²) >= 11 is 1.55. The standard InChI is InChI=1S/C15H17N3O2S/c1-2-20-13-9(5-3-6-10(13)16)14(19)18-15-17-11-7-4-8-12(11)21-15/h3,5-6H,2,4,7-8,16H2,1H3,(H,17,18,19). The second kappa shape index (κ2) is 5.73. The molecule has 5 nitrogen and oxygen atoms in total. The van der Waals surface area contributed by atoms with Gasteiger partial charge in [0.05, 0.1) is 23.6 Å². The molecule has 0 bridgehead atoms. The van der Waals surface area contributed by atoms with Gasteiger partial charge in [0.25, 0.3) is 5.91 Å². The maximum absolute atomic E-state index is 12.4. The Morgan fingerprint density at radius 2 is 2.33 bits per heavy atom. The number of fused-ring (bicyclic) bond motifs is 1. The number of benzene rings is 1. The first-order chi connectivity index (χ1) is 10.2. The molecule has 0 unspecified atom stereocenters. The fourth-order valence-electron chi connectivity index (χ4n) is 2.45. The zero-order valence-corrected chi connectivity index (χ0v) is 12.6. The van der Waals surface area contributed by atoms with Crippen molar-refractivity contribution < 1.29 is 9.53 Å². The number of thiazole rings is 1. The molecule has 0 atom stereocenters. The molecule has 1 aliphatic rings. The second-order valence-electron chi connectivity index (χ2n) is 4.85. The molecule has 0 fully saturated rings. The Bertz CT molecular complexity index is 660. The van der Waals surface area contributed by atoms with E-state index in [-0.39, 0.29) is 5.91 Å². The number of hydrogen-bond donors (Lipinski definition) is 2. The summed E-state index contributed by atoms with van der Waals surface area (Å²) < 4.78 is 5.49. The Morgan fingerprint density at radius 3 is 3.10 bits per heavy atom. The van der Waals surface area contributed by atoms with Crippen molar-refractivity contribution in [1.29, 1.82) is 0 Å². The molecule has 3 rings (SSSR count). The Kier molecular flexibility index (Phi) is 3.79. The zero-order valence-electron chi connectivity index (χ0n) is 11.8.